The molecule has 2 heteroatoms. The second-order valence-corrected chi connectivity index (χ2v) is 6.27. The molecule has 20 heavy (non-hydrogen) atoms. The smallest absolute Gasteiger partial charge is 0.161 e. The Labute approximate surface area is 120 Å². The first-order valence-corrected chi connectivity index (χ1v) is 7.56. The van der Waals surface area contributed by atoms with Gasteiger partial charge in [0.2, 0.25) is 0 Å². The molecule has 2 nitrogen and oxygen atoms in total. The van der Waals surface area contributed by atoms with Crippen molar-refractivity contribution in [2.45, 2.75) is 45.6 Å². The number of fused-ring (bicyclic) bond motifs is 1. The van der Waals surface area contributed by atoms with Crippen LogP contribution in [0.3, 0.4) is 0 Å². The highest BCUT2D eigenvalue weighted by Crippen LogP contribution is 2.50. The highest BCUT2D eigenvalue weighted by atomic mass is 16.5. The average Bonchev–Trinajstić information content (AvgIpc) is 2.85. The summed E-state index contributed by atoms with van der Waals surface area (Å²) >= 11 is 0. The number of carbonyl (C=O) groups excluding carboxylic acids is 1. The summed E-state index contributed by atoms with van der Waals surface area (Å²) in [5.41, 5.74) is 3.81. The van der Waals surface area contributed by atoms with Crippen molar-refractivity contribution in [3.05, 3.63) is 47.0 Å². The van der Waals surface area contributed by atoms with Gasteiger partial charge < -0.3 is 4.74 Å². The molecule has 0 radical (unpaired) electrons. The zero-order chi connectivity index (χ0) is 14.0. The zero-order valence-corrected chi connectivity index (χ0v) is 12.2. The standard InChI is InChI=1S/C18H22O2/c1-18-10-5-8-16(18)15(17(19)9-11-18)13-20-12-14-6-3-2-4-7-14/h2-4,6-7H,5,8-13H2,1H3. The second kappa shape index (κ2) is 5.53. The first-order valence-electron chi connectivity index (χ1n) is 7.56. The number of rotatable bonds is 4. The molecule has 1 aromatic rings. The Morgan fingerprint density at radius 2 is 1.90 bits per heavy atom. The number of ether oxygens (including phenoxy) is 1. The van der Waals surface area contributed by atoms with Crippen molar-refractivity contribution in [3.63, 3.8) is 0 Å². The minimum absolute atomic E-state index is 0.277. The van der Waals surface area contributed by atoms with Crippen LogP contribution in [0.5, 0.6) is 0 Å². The predicted molar refractivity (Wildman–Crippen MR) is 79.3 cm³/mol. The molecule has 0 bridgehead atoms. The van der Waals surface area contributed by atoms with E-state index in [-0.39, 0.29) is 5.41 Å². The predicted octanol–water partition coefficient (Wildman–Crippen LogP) is 4.05. The summed E-state index contributed by atoms with van der Waals surface area (Å²) in [6, 6.07) is 10.1. The Balaban J connectivity index is 1.69. The van der Waals surface area contributed by atoms with Crippen molar-refractivity contribution >= 4 is 5.78 Å². The van der Waals surface area contributed by atoms with Gasteiger partial charge in [-0.2, -0.15) is 0 Å². The Morgan fingerprint density at radius 1 is 1.10 bits per heavy atom. The molecule has 0 N–H and O–H groups in total. The summed E-state index contributed by atoms with van der Waals surface area (Å²) in [7, 11) is 0. The van der Waals surface area contributed by atoms with Crippen LogP contribution in [0.1, 0.15) is 44.6 Å². The van der Waals surface area contributed by atoms with Gasteiger partial charge in [0, 0.05) is 12.0 Å². The third-order valence-electron chi connectivity index (χ3n) is 4.85. The molecule has 106 valence electrons. The lowest BCUT2D eigenvalue weighted by Crippen LogP contribution is -2.27. The number of hydrogen-bond donors (Lipinski definition) is 0. The van der Waals surface area contributed by atoms with Gasteiger partial charge in [0.15, 0.2) is 5.78 Å². The molecule has 3 rings (SSSR count). The van der Waals surface area contributed by atoms with Crippen LogP contribution in [0.15, 0.2) is 41.5 Å². The van der Waals surface area contributed by atoms with Crippen molar-refractivity contribution in [3.8, 4) is 0 Å². The van der Waals surface area contributed by atoms with E-state index in [9.17, 15) is 4.79 Å². The molecule has 0 spiro atoms. The van der Waals surface area contributed by atoms with Crippen molar-refractivity contribution < 1.29 is 9.53 Å². The van der Waals surface area contributed by atoms with Gasteiger partial charge in [-0.25, -0.2) is 0 Å². The number of allylic oxidation sites excluding steroid dienone is 1. The molecule has 1 saturated carbocycles. The van der Waals surface area contributed by atoms with Crippen LogP contribution in [0.2, 0.25) is 0 Å². The van der Waals surface area contributed by atoms with E-state index in [1.54, 1.807) is 0 Å². The normalized spacial score (nSPS) is 25.9. The maximum absolute atomic E-state index is 12.2. The van der Waals surface area contributed by atoms with Crippen molar-refractivity contribution in [1.29, 1.82) is 0 Å². The van der Waals surface area contributed by atoms with Crippen LogP contribution < -0.4 is 0 Å². The molecule has 0 aromatic heterocycles. The topological polar surface area (TPSA) is 26.3 Å². The second-order valence-electron chi connectivity index (χ2n) is 6.27. The molecular formula is C18H22O2. The quantitative estimate of drug-likeness (QED) is 0.825. The van der Waals surface area contributed by atoms with Crippen molar-refractivity contribution in [1.82, 2.24) is 0 Å². The van der Waals surface area contributed by atoms with Gasteiger partial charge in [0.05, 0.1) is 13.2 Å². The van der Waals surface area contributed by atoms with E-state index in [1.807, 2.05) is 18.2 Å². The molecule has 1 atom stereocenters. The minimum atomic E-state index is 0.277. The summed E-state index contributed by atoms with van der Waals surface area (Å²) in [4.78, 5) is 12.2. The summed E-state index contributed by atoms with van der Waals surface area (Å²) in [6.07, 6.45) is 5.28. The fourth-order valence-corrected chi connectivity index (χ4v) is 3.62. The monoisotopic (exact) mass is 270 g/mol. The molecule has 0 heterocycles. The molecule has 0 saturated heterocycles. The molecule has 2 aliphatic rings. The first kappa shape index (κ1) is 13.6. The largest absolute Gasteiger partial charge is 0.372 e. The fraction of sp³-hybridized carbons (Fsp3) is 0.500. The van der Waals surface area contributed by atoms with E-state index in [4.69, 9.17) is 4.74 Å². The van der Waals surface area contributed by atoms with Crippen molar-refractivity contribution in [2.24, 2.45) is 5.41 Å². The van der Waals surface area contributed by atoms with Crippen LogP contribution in [-0.4, -0.2) is 12.4 Å². The number of carbonyl (C=O) groups is 1. The maximum atomic E-state index is 12.2. The van der Waals surface area contributed by atoms with Gasteiger partial charge in [0.1, 0.15) is 0 Å². The highest BCUT2D eigenvalue weighted by molar-refractivity contribution is 5.97. The van der Waals surface area contributed by atoms with Gasteiger partial charge >= 0.3 is 0 Å². The fourth-order valence-electron chi connectivity index (χ4n) is 3.62. The Morgan fingerprint density at radius 3 is 2.70 bits per heavy atom. The van der Waals surface area contributed by atoms with E-state index in [1.165, 1.54) is 18.4 Å². The lowest BCUT2D eigenvalue weighted by atomic mass is 9.72. The molecular weight excluding hydrogens is 248 g/mol. The highest BCUT2D eigenvalue weighted by Gasteiger charge is 2.40. The maximum Gasteiger partial charge on any atom is 0.161 e. The van der Waals surface area contributed by atoms with Crippen LogP contribution in [0, 0.1) is 5.41 Å². The van der Waals surface area contributed by atoms with E-state index < -0.39 is 0 Å². The Hall–Kier alpha value is -1.41. The van der Waals surface area contributed by atoms with Crippen LogP contribution in [0.25, 0.3) is 0 Å². The minimum Gasteiger partial charge on any atom is -0.372 e. The first-order chi connectivity index (χ1) is 9.69. The molecule has 0 aliphatic heterocycles. The Kier molecular flexibility index (Phi) is 3.75. The van der Waals surface area contributed by atoms with Gasteiger partial charge in [0.25, 0.3) is 0 Å². The summed E-state index contributed by atoms with van der Waals surface area (Å²) in [5, 5.41) is 0. The lowest BCUT2D eigenvalue weighted by Gasteiger charge is -2.32. The third kappa shape index (κ3) is 2.57. The van der Waals surface area contributed by atoms with E-state index >= 15 is 0 Å². The zero-order valence-electron chi connectivity index (χ0n) is 12.2. The molecule has 1 aromatic carbocycles. The van der Waals surface area contributed by atoms with Crippen molar-refractivity contribution in [2.75, 3.05) is 6.61 Å². The number of ketones is 1. The van der Waals surface area contributed by atoms with Gasteiger partial charge in [-0.05, 0) is 36.7 Å². The van der Waals surface area contributed by atoms with E-state index in [0.29, 0.717) is 25.4 Å². The lowest BCUT2D eigenvalue weighted by molar-refractivity contribution is -0.117. The molecule has 2 aliphatic carbocycles. The molecule has 0 amide bonds. The van der Waals surface area contributed by atoms with Gasteiger partial charge in [-0.3, -0.25) is 4.79 Å². The Bertz CT molecular complexity index is 530. The van der Waals surface area contributed by atoms with Gasteiger partial charge in [-0.15, -0.1) is 0 Å². The summed E-state index contributed by atoms with van der Waals surface area (Å²) < 4.78 is 5.80. The summed E-state index contributed by atoms with van der Waals surface area (Å²) in [6.45, 7) is 3.39. The third-order valence-corrected chi connectivity index (χ3v) is 4.85. The number of benzene rings is 1. The van der Waals surface area contributed by atoms with E-state index in [2.05, 4.69) is 19.1 Å². The summed E-state index contributed by atoms with van der Waals surface area (Å²) in [5.74, 6) is 0.312. The SMILES string of the molecule is CC12CCCC1=C(COCc1ccccc1)C(=O)CC2. The van der Waals surface area contributed by atoms with Crippen LogP contribution in [-0.2, 0) is 16.1 Å². The van der Waals surface area contributed by atoms with E-state index in [0.717, 1.165) is 24.0 Å². The van der Waals surface area contributed by atoms with Crippen LogP contribution >= 0.6 is 0 Å². The van der Waals surface area contributed by atoms with Crippen LogP contribution in [0.4, 0.5) is 0 Å². The van der Waals surface area contributed by atoms with Gasteiger partial charge in [-0.1, -0.05) is 42.8 Å². The number of Topliss-reactive ketones (excluding diaryl/α,β-unsaturated/α-hetero) is 1. The number of hydrogen-bond acceptors (Lipinski definition) is 2. The molecule has 1 unspecified atom stereocenters. The molecule has 1 fully saturated rings. The average molecular weight is 270 g/mol.